The van der Waals surface area contributed by atoms with Gasteiger partial charge >= 0.3 is 0 Å². The molecule has 0 N–H and O–H groups in total. The zero-order valence-corrected chi connectivity index (χ0v) is 9.66. The normalized spacial score (nSPS) is 10.5. The van der Waals surface area contributed by atoms with Crippen molar-refractivity contribution >= 4 is 0 Å². The highest BCUT2D eigenvalue weighted by molar-refractivity contribution is 5.73. The minimum Gasteiger partial charge on any atom is -0.496 e. The summed E-state index contributed by atoms with van der Waals surface area (Å²) in [6, 6.07) is 9.25. The van der Waals surface area contributed by atoms with Crippen LogP contribution in [0.3, 0.4) is 0 Å². The number of benzene rings is 1. The maximum atomic E-state index is 5.31. The zero-order chi connectivity index (χ0) is 12.4. The Hall–Kier alpha value is -2.56. The minimum atomic E-state index is 0.646. The van der Waals surface area contributed by atoms with E-state index in [0.717, 1.165) is 16.9 Å². The van der Waals surface area contributed by atoms with Gasteiger partial charge in [0.1, 0.15) is 5.75 Å². The lowest BCUT2D eigenvalue weighted by molar-refractivity contribution is 0.406. The van der Waals surface area contributed by atoms with Crippen LogP contribution >= 0.6 is 0 Å². The Morgan fingerprint density at radius 2 is 1.67 bits per heavy atom. The van der Waals surface area contributed by atoms with Crippen LogP contribution < -0.4 is 4.74 Å². The van der Waals surface area contributed by atoms with E-state index in [1.165, 1.54) is 0 Å². The Labute approximate surface area is 103 Å². The van der Waals surface area contributed by atoms with E-state index in [4.69, 9.17) is 13.8 Å². The van der Waals surface area contributed by atoms with Crippen LogP contribution in [0.1, 0.15) is 0 Å². The highest BCUT2D eigenvalue weighted by Gasteiger charge is 2.12. The van der Waals surface area contributed by atoms with Gasteiger partial charge in [0.25, 0.3) is 0 Å². The largest absolute Gasteiger partial charge is 0.496 e. The first-order valence-electron chi connectivity index (χ1n) is 5.38. The fourth-order valence-corrected chi connectivity index (χ4v) is 1.77. The summed E-state index contributed by atoms with van der Waals surface area (Å²) in [6.45, 7) is 0. The molecule has 0 bridgehead atoms. The van der Waals surface area contributed by atoms with Gasteiger partial charge in [-0.15, -0.1) is 0 Å². The van der Waals surface area contributed by atoms with E-state index in [2.05, 4.69) is 10.3 Å². The molecule has 0 aliphatic heterocycles. The smallest absolute Gasteiger partial charge is 0.170 e. The van der Waals surface area contributed by atoms with Crippen LogP contribution in [0.25, 0.3) is 22.6 Å². The number of hydrogen-bond acceptors (Lipinski definition) is 5. The molecule has 0 aliphatic carbocycles. The van der Waals surface area contributed by atoms with Crippen LogP contribution in [-0.4, -0.2) is 17.4 Å². The van der Waals surface area contributed by atoms with Crippen molar-refractivity contribution in [2.75, 3.05) is 7.11 Å². The number of aromatic nitrogens is 2. The quantitative estimate of drug-likeness (QED) is 0.706. The summed E-state index contributed by atoms with van der Waals surface area (Å²) in [5.41, 5.74) is 1.73. The monoisotopic (exact) mass is 242 g/mol. The molecule has 1 aromatic carbocycles. The highest BCUT2D eigenvalue weighted by atomic mass is 16.5. The predicted octanol–water partition coefficient (Wildman–Crippen LogP) is 3.01. The van der Waals surface area contributed by atoms with Crippen LogP contribution in [0.2, 0.25) is 0 Å². The first-order valence-corrected chi connectivity index (χ1v) is 5.38. The number of methoxy groups -OCH3 is 1. The second-order valence-electron chi connectivity index (χ2n) is 3.67. The molecule has 18 heavy (non-hydrogen) atoms. The predicted molar refractivity (Wildman–Crippen MR) is 64.0 cm³/mol. The molecule has 0 saturated heterocycles. The Bertz CT molecular complexity index is 630. The molecule has 5 heteroatoms. The van der Waals surface area contributed by atoms with E-state index in [0.29, 0.717) is 11.5 Å². The van der Waals surface area contributed by atoms with E-state index in [-0.39, 0.29) is 0 Å². The molecule has 0 unspecified atom stereocenters. The maximum Gasteiger partial charge on any atom is 0.170 e. The van der Waals surface area contributed by atoms with Crippen molar-refractivity contribution in [2.24, 2.45) is 0 Å². The van der Waals surface area contributed by atoms with Gasteiger partial charge in [-0.05, 0) is 18.2 Å². The van der Waals surface area contributed by atoms with Crippen LogP contribution in [0.5, 0.6) is 5.75 Å². The Morgan fingerprint density at radius 3 is 2.28 bits per heavy atom. The topological polar surface area (TPSA) is 61.3 Å². The summed E-state index contributed by atoms with van der Waals surface area (Å²) in [6.07, 6.45) is 3.20. The number of ether oxygens (including phenoxy) is 1. The molecule has 0 saturated carbocycles. The van der Waals surface area contributed by atoms with Crippen molar-refractivity contribution in [1.82, 2.24) is 10.3 Å². The molecule has 0 amide bonds. The van der Waals surface area contributed by atoms with Gasteiger partial charge in [-0.3, -0.25) is 0 Å². The van der Waals surface area contributed by atoms with Gasteiger partial charge in [-0.25, -0.2) is 0 Å². The highest BCUT2D eigenvalue weighted by Crippen LogP contribution is 2.33. The summed E-state index contributed by atoms with van der Waals surface area (Å²) in [5, 5.41) is 7.39. The van der Waals surface area contributed by atoms with Crippen molar-refractivity contribution < 1.29 is 13.8 Å². The average molecular weight is 242 g/mol. The number of hydrogen-bond donors (Lipinski definition) is 0. The number of nitrogens with zero attached hydrogens (tertiary/aromatic N) is 2. The minimum absolute atomic E-state index is 0.646. The summed E-state index contributed by atoms with van der Waals surface area (Å²) >= 11 is 0. The van der Waals surface area contributed by atoms with Crippen molar-refractivity contribution in [3.63, 3.8) is 0 Å². The molecule has 0 aliphatic rings. The molecule has 0 atom stereocenters. The summed E-state index contributed by atoms with van der Waals surface area (Å²) in [7, 11) is 1.61. The molecule has 0 radical (unpaired) electrons. The molecule has 3 aromatic rings. The van der Waals surface area contributed by atoms with Crippen molar-refractivity contribution in [3.8, 4) is 28.4 Å². The SMILES string of the molecule is COc1ccc(-c2ccno2)cc1-c1ccno1. The summed E-state index contributed by atoms with van der Waals surface area (Å²) < 4.78 is 15.6. The molecule has 2 aromatic heterocycles. The average Bonchev–Trinajstić information content (AvgIpc) is 3.11. The summed E-state index contributed by atoms with van der Waals surface area (Å²) in [4.78, 5) is 0. The van der Waals surface area contributed by atoms with Crippen LogP contribution in [-0.2, 0) is 0 Å². The standard InChI is InChI=1S/C13H10N2O3/c1-16-12-3-2-9(11-4-6-14-17-11)8-10(12)13-5-7-15-18-13/h2-8H,1H3. The van der Waals surface area contributed by atoms with E-state index in [9.17, 15) is 0 Å². The third-order valence-electron chi connectivity index (χ3n) is 2.63. The van der Waals surface area contributed by atoms with Crippen LogP contribution in [0.4, 0.5) is 0 Å². The fourth-order valence-electron chi connectivity index (χ4n) is 1.77. The molecule has 90 valence electrons. The lowest BCUT2D eigenvalue weighted by Crippen LogP contribution is -1.87. The zero-order valence-electron chi connectivity index (χ0n) is 9.66. The number of rotatable bonds is 3. The lowest BCUT2D eigenvalue weighted by Gasteiger charge is -2.06. The maximum absolute atomic E-state index is 5.31. The van der Waals surface area contributed by atoms with Crippen molar-refractivity contribution in [1.29, 1.82) is 0 Å². The van der Waals surface area contributed by atoms with Crippen molar-refractivity contribution in [2.45, 2.75) is 0 Å². The van der Waals surface area contributed by atoms with E-state index >= 15 is 0 Å². The Balaban J connectivity index is 2.14. The molecular weight excluding hydrogens is 232 g/mol. The van der Waals surface area contributed by atoms with Gasteiger partial charge in [0.15, 0.2) is 11.5 Å². The van der Waals surface area contributed by atoms with Crippen LogP contribution in [0, 0.1) is 0 Å². The van der Waals surface area contributed by atoms with Gasteiger partial charge in [-0.1, -0.05) is 10.3 Å². The van der Waals surface area contributed by atoms with Gasteiger partial charge in [0.05, 0.1) is 25.1 Å². The first-order chi connectivity index (χ1) is 8.88. The van der Waals surface area contributed by atoms with E-state index in [1.54, 1.807) is 31.6 Å². The third kappa shape index (κ3) is 1.75. The van der Waals surface area contributed by atoms with E-state index < -0.39 is 0 Å². The molecule has 5 nitrogen and oxygen atoms in total. The first kappa shape index (κ1) is 10.6. The van der Waals surface area contributed by atoms with Crippen LogP contribution in [0.15, 0.2) is 51.8 Å². The summed E-state index contributed by atoms with van der Waals surface area (Å²) in [5.74, 6) is 2.06. The molecule has 3 rings (SSSR count). The van der Waals surface area contributed by atoms with Gasteiger partial charge < -0.3 is 13.8 Å². The fraction of sp³-hybridized carbons (Fsp3) is 0.0769. The lowest BCUT2D eigenvalue weighted by atomic mass is 10.1. The Kier molecular flexibility index (Phi) is 2.57. The van der Waals surface area contributed by atoms with Gasteiger partial charge in [-0.2, -0.15) is 0 Å². The van der Waals surface area contributed by atoms with Crippen molar-refractivity contribution in [3.05, 3.63) is 42.7 Å². The molecular formula is C13H10N2O3. The molecule has 0 fully saturated rings. The Morgan fingerprint density at radius 1 is 0.944 bits per heavy atom. The van der Waals surface area contributed by atoms with E-state index in [1.807, 2.05) is 18.2 Å². The second kappa shape index (κ2) is 4.37. The molecule has 2 heterocycles. The van der Waals surface area contributed by atoms with Gasteiger partial charge in [0.2, 0.25) is 0 Å². The second-order valence-corrected chi connectivity index (χ2v) is 3.67. The third-order valence-corrected chi connectivity index (χ3v) is 2.63. The molecule has 0 spiro atoms. The van der Waals surface area contributed by atoms with Gasteiger partial charge in [0, 0.05) is 17.7 Å².